The van der Waals surface area contributed by atoms with Gasteiger partial charge in [0.25, 0.3) is 0 Å². The third kappa shape index (κ3) is 3.98. The maximum atomic E-state index is 5.72. The van der Waals surface area contributed by atoms with Crippen LogP contribution in [0.15, 0.2) is 18.3 Å². The Balaban J connectivity index is 1.80. The number of ether oxygens (including phenoxy) is 2. The number of aromatic nitrogens is 1. The van der Waals surface area contributed by atoms with Crippen LogP contribution in [0.25, 0.3) is 0 Å². The summed E-state index contributed by atoms with van der Waals surface area (Å²) < 4.78 is 11.1. The average Bonchev–Trinajstić information content (AvgIpc) is 2.80. The fraction of sp³-hybridized carbons (Fsp3) is 0.615. The summed E-state index contributed by atoms with van der Waals surface area (Å²) in [6, 6.07) is 4.05. The van der Waals surface area contributed by atoms with E-state index < -0.39 is 0 Å². The Morgan fingerprint density at radius 3 is 3.06 bits per heavy atom. The van der Waals surface area contributed by atoms with Gasteiger partial charge in [-0.1, -0.05) is 0 Å². The summed E-state index contributed by atoms with van der Waals surface area (Å²) in [5, 5.41) is 0. The molecule has 0 bridgehead atoms. The fourth-order valence-electron chi connectivity index (χ4n) is 1.91. The first-order valence-electron chi connectivity index (χ1n) is 6.19. The van der Waals surface area contributed by atoms with E-state index in [4.69, 9.17) is 15.2 Å². The standard InChI is InChI=1S/C13H20N2O2/c1-10(14)7-11-4-5-12(8-15-11)17-9-13-3-2-6-16-13/h4-5,8,10,13H,2-3,6-7,9,14H2,1H3. The molecule has 1 fully saturated rings. The number of rotatable bonds is 5. The van der Waals surface area contributed by atoms with Crippen molar-refractivity contribution in [2.75, 3.05) is 13.2 Å². The molecule has 0 aromatic carbocycles. The van der Waals surface area contributed by atoms with Crippen LogP contribution >= 0.6 is 0 Å². The summed E-state index contributed by atoms with van der Waals surface area (Å²) >= 11 is 0. The molecule has 2 rings (SSSR count). The van der Waals surface area contributed by atoms with Crippen LogP contribution in [0.1, 0.15) is 25.5 Å². The van der Waals surface area contributed by atoms with Crippen molar-refractivity contribution in [2.45, 2.75) is 38.3 Å². The van der Waals surface area contributed by atoms with Crippen LogP contribution in [0.3, 0.4) is 0 Å². The first-order chi connectivity index (χ1) is 8.24. The van der Waals surface area contributed by atoms with E-state index in [1.807, 2.05) is 19.1 Å². The van der Waals surface area contributed by atoms with E-state index >= 15 is 0 Å². The third-order valence-corrected chi connectivity index (χ3v) is 2.79. The molecule has 1 aliphatic rings. The van der Waals surface area contributed by atoms with Gasteiger partial charge in [-0.3, -0.25) is 4.98 Å². The van der Waals surface area contributed by atoms with Crippen LogP contribution in [0.4, 0.5) is 0 Å². The molecular formula is C13H20N2O2. The van der Waals surface area contributed by atoms with Crippen LogP contribution < -0.4 is 10.5 Å². The lowest BCUT2D eigenvalue weighted by Crippen LogP contribution is -2.18. The normalized spacial score (nSPS) is 21.4. The Morgan fingerprint density at radius 2 is 2.47 bits per heavy atom. The van der Waals surface area contributed by atoms with Gasteiger partial charge in [-0.05, 0) is 31.9 Å². The molecule has 2 unspecified atom stereocenters. The Bertz CT molecular complexity index is 332. The minimum Gasteiger partial charge on any atom is -0.489 e. The molecule has 0 radical (unpaired) electrons. The highest BCUT2D eigenvalue weighted by Gasteiger charge is 2.15. The number of nitrogens with zero attached hydrogens (tertiary/aromatic N) is 1. The summed E-state index contributed by atoms with van der Waals surface area (Å²) in [4.78, 5) is 4.32. The predicted octanol–water partition coefficient (Wildman–Crippen LogP) is 1.53. The Hall–Kier alpha value is -1.13. The molecule has 1 aliphatic heterocycles. The molecule has 2 heterocycles. The van der Waals surface area contributed by atoms with Crippen molar-refractivity contribution in [3.05, 3.63) is 24.0 Å². The van der Waals surface area contributed by atoms with Crippen molar-refractivity contribution < 1.29 is 9.47 Å². The van der Waals surface area contributed by atoms with Crippen molar-refractivity contribution >= 4 is 0 Å². The van der Waals surface area contributed by atoms with Crippen molar-refractivity contribution in [3.8, 4) is 5.75 Å². The van der Waals surface area contributed by atoms with Gasteiger partial charge in [-0.15, -0.1) is 0 Å². The summed E-state index contributed by atoms with van der Waals surface area (Å²) in [7, 11) is 0. The van der Waals surface area contributed by atoms with E-state index in [2.05, 4.69) is 4.98 Å². The van der Waals surface area contributed by atoms with Gasteiger partial charge in [0.1, 0.15) is 12.4 Å². The van der Waals surface area contributed by atoms with Crippen LogP contribution in [0.2, 0.25) is 0 Å². The van der Waals surface area contributed by atoms with Gasteiger partial charge in [-0.25, -0.2) is 0 Å². The minimum absolute atomic E-state index is 0.140. The van der Waals surface area contributed by atoms with Crippen molar-refractivity contribution in [2.24, 2.45) is 5.73 Å². The van der Waals surface area contributed by atoms with Crippen LogP contribution in [0, 0.1) is 0 Å². The Morgan fingerprint density at radius 1 is 1.59 bits per heavy atom. The zero-order chi connectivity index (χ0) is 12.1. The highest BCUT2D eigenvalue weighted by molar-refractivity contribution is 5.20. The highest BCUT2D eigenvalue weighted by Crippen LogP contribution is 2.15. The molecule has 0 saturated carbocycles. The van der Waals surface area contributed by atoms with Crippen molar-refractivity contribution in [1.29, 1.82) is 0 Å². The highest BCUT2D eigenvalue weighted by atomic mass is 16.5. The number of hydrogen-bond donors (Lipinski definition) is 1. The molecule has 17 heavy (non-hydrogen) atoms. The SMILES string of the molecule is CC(N)Cc1ccc(OCC2CCCO2)cn1. The van der Waals surface area contributed by atoms with Gasteiger partial charge < -0.3 is 15.2 Å². The molecule has 2 atom stereocenters. The minimum atomic E-state index is 0.140. The summed E-state index contributed by atoms with van der Waals surface area (Å²) in [5.74, 6) is 0.800. The maximum Gasteiger partial charge on any atom is 0.137 e. The topological polar surface area (TPSA) is 57.4 Å². The largest absolute Gasteiger partial charge is 0.489 e. The second-order valence-electron chi connectivity index (χ2n) is 4.61. The molecule has 4 nitrogen and oxygen atoms in total. The lowest BCUT2D eigenvalue weighted by molar-refractivity contribution is 0.0678. The summed E-state index contributed by atoms with van der Waals surface area (Å²) in [6.45, 7) is 3.46. The third-order valence-electron chi connectivity index (χ3n) is 2.79. The maximum absolute atomic E-state index is 5.72. The van der Waals surface area contributed by atoms with E-state index in [1.54, 1.807) is 6.20 Å². The van der Waals surface area contributed by atoms with Crippen LogP contribution in [-0.2, 0) is 11.2 Å². The molecule has 4 heteroatoms. The van der Waals surface area contributed by atoms with Gasteiger partial charge in [0.05, 0.1) is 12.3 Å². The lowest BCUT2D eigenvalue weighted by atomic mass is 10.2. The zero-order valence-corrected chi connectivity index (χ0v) is 10.3. The summed E-state index contributed by atoms with van der Waals surface area (Å²) in [6.07, 6.45) is 5.04. The lowest BCUT2D eigenvalue weighted by Gasteiger charge is -2.11. The number of hydrogen-bond acceptors (Lipinski definition) is 4. The van der Waals surface area contributed by atoms with Crippen LogP contribution in [0.5, 0.6) is 5.75 Å². The van der Waals surface area contributed by atoms with Gasteiger partial charge in [0.15, 0.2) is 0 Å². The molecule has 1 aromatic heterocycles. The van der Waals surface area contributed by atoms with E-state index in [-0.39, 0.29) is 12.1 Å². The molecule has 2 N–H and O–H groups in total. The van der Waals surface area contributed by atoms with Gasteiger partial charge in [-0.2, -0.15) is 0 Å². The fourth-order valence-corrected chi connectivity index (χ4v) is 1.91. The second kappa shape index (κ2) is 5.98. The van der Waals surface area contributed by atoms with Gasteiger partial charge in [0.2, 0.25) is 0 Å². The Labute approximate surface area is 102 Å². The molecule has 0 spiro atoms. The second-order valence-corrected chi connectivity index (χ2v) is 4.61. The van der Waals surface area contributed by atoms with E-state index in [1.165, 1.54) is 0 Å². The molecule has 1 aromatic rings. The molecule has 1 saturated heterocycles. The first-order valence-corrected chi connectivity index (χ1v) is 6.19. The zero-order valence-electron chi connectivity index (χ0n) is 10.3. The predicted molar refractivity (Wildman–Crippen MR) is 66.1 cm³/mol. The van der Waals surface area contributed by atoms with E-state index in [0.717, 1.165) is 37.3 Å². The molecular weight excluding hydrogens is 216 g/mol. The van der Waals surface area contributed by atoms with Crippen molar-refractivity contribution in [1.82, 2.24) is 4.98 Å². The first kappa shape index (κ1) is 12.3. The van der Waals surface area contributed by atoms with Crippen molar-refractivity contribution in [3.63, 3.8) is 0 Å². The average molecular weight is 236 g/mol. The quantitative estimate of drug-likeness (QED) is 0.842. The molecule has 0 aliphatic carbocycles. The smallest absolute Gasteiger partial charge is 0.137 e. The van der Waals surface area contributed by atoms with E-state index in [0.29, 0.717) is 6.61 Å². The molecule has 94 valence electrons. The summed E-state index contributed by atoms with van der Waals surface area (Å²) in [5.41, 5.74) is 6.72. The Kier molecular flexibility index (Phi) is 4.34. The molecule has 0 amide bonds. The van der Waals surface area contributed by atoms with Gasteiger partial charge >= 0.3 is 0 Å². The van der Waals surface area contributed by atoms with Crippen LogP contribution in [-0.4, -0.2) is 30.3 Å². The number of pyridine rings is 1. The van der Waals surface area contributed by atoms with E-state index in [9.17, 15) is 0 Å². The van der Waals surface area contributed by atoms with Gasteiger partial charge in [0, 0.05) is 24.8 Å². The monoisotopic (exact) mass is 236 g/mol. The number of nitrogens with two attached hydrogens (primary N) is 1.